The molecule has 0 aromatic heterocycles. The van der Waals surface area contributed by atoms with Gasteiger partial charge in [0.15, 0.2) is 0 Å². The van der Waals surface area contributed by atoms with Gasteiger partial charge in [0, 0.05) is 10.6 Å². The second-order valence-electron chi connectivity index (χ2n) is 4.04. The molecule has 0 aliphatic heterocycles. The molecule has 2 aromatic carbocycles. The highest BCUT2D eigenvalue weighted by Gasteiger charge is 2.15. The van der Waals surface area contributed by atoms with Gasteiger partial charge in [-0.3, -0.25) is 0 Å². The third-order valence-electron chi connectivity index (χ3n) is 2.71. The maximum absolute atomic E-state index is 13.8. The predicted octanol–water partition coefficient (Wildman–Crippen LogP) is 5.41. The lowest BCUT2D eigenvalue weighted by molar-refractivity contribution is 0.611. The molecule has 0 amide bonds. The summed E-state index contributed by atoms with van der Waals surface area (Å²) in [7, 11) is 0. The van der Waals surface area contributed by atoms with Crippen LogP contribution in [0.2, 0.25) is 5.02 Å². The van der Waals surface area contributed by atoms with Gasteiger partial charge < -0.3 is 0 Å². The molecular weight excluding hydrogens is 322 g/mol. The minimum Gasteiger partial charge on any atom is -0.207 e. The largest absolute Gasteiger partial charge is 0.207 e. The molecule has 94 valence electrons. The number of benzene rings is 2. The summed E-state index contributed by atoms with van der Waals surface area (Å²) in [6.07, 6.45) is 0. The van der Waals surface area contributed by atoms with Crippen molar-refractivity contribution < 1.29 is 8.78 Å². The Bertz CT molecular complexity index is 584. The van der Waals surface area contributed by atoms with Crippen LogP contribution in [-0.2, 0) is 0 Å². The van der Waals surface area contributed by atoms with Crippen molar-refractivity contribution >= 4 is 27.5 Å². The van der Waals surface area contributed by atoms with Crippen LogP contribution in [0.5, 0.6) is 0 Å². The highest BCUT2D eigenvalue weighted by molar-refractivity contribution is 9.09. The number of hydrogen-bond donors (Lipinski definition) is 0. The van der Waals surface area contributed by atoms with E-state index in [1.165, 1.54) is 12.1 Å². The van der Waals surface area contributed by atoms with Crippen molar-refractivity contribution in [1.29, 1.82) is 0 Å². The van der Waals surface area contributed by atoms with Gasteiger partial charge in [-0.1, -0.05) is 45.7 Å². The summed E-state index contributed by atoms with van der Waals surface area (Å²) in [5.74, 6) is -0.651. The fraction of sp³-hybridized carbons (Fsp3) is 0.143. The number of hydrogen-bond acceptors (Lipinski definition) is 0. The monoisotopic (exact) mass is 330 g/mol. The average Bonchev–Trinajstić information content (AvgIpc) is 2.32. The van der Waals surface area contributed by atoms with E-state index in [-0.39, 0.29) is 16.5 Å². The molecule has 0 nitrogen and oxygen atoms in total. The molecule has 2 rings (SSSR count). The van der Waals surface area contributed by atoms with Crippen LogP contribution < -0.4 is 0 Å². The van der Waals surface area contributed by atoms with Gasteiger partial charge in [0.05, 0.1) is 4.83 Å². The molecule has 0 aliphatic carbocycles. The second-order valence-corrected chi connectivity index (χ2v) is 5.39. The molecule has 18 heavy (non-hydrogen) atoms. The zero-order valence-corrected chi connectivity index (χ0v) is 11.9. The van der Waals surface area contributed by atoms with E-state index in [1.807, 2.05) is 0 Å². The summed E-state index contributed by atoms with van der Waals surface area (Å²) in [5.41, 5.74) is 1.81. The molecule has 0 aliphatic rings. The summed E-state index contributed by atoms with van der Waals surface area (Å²) >= 11 is 9.13. The van der Waals surface area contributed by atoms with Gasteiger partial charge >= 0.3 is 0 Å². The zero-order valence-electron chi connectivity index (χ0n) is 9.55. The molecule has 0 radical (unpaired) electrons. The zero-order chi connectivity index (χ0) is 13.3. The van der Waals surface area contributed by atoms with E-state index < -0.39 is 0 Å². The molecule has 1 unspecified atom stereocenters. The van der Waals surface area contributed by atoms with Gasteiger partial charge in [0.1, 0.15) is 11.6 Å². The molecular formula is C14H10BrClF2. The standard InChI is InChI=1S/C14H10BrClF2/c1-8-6-9(2-5-12(8)17)14(15)11-4-3-10(16)7-13(11)18/h2-7,14H,1H3. The van der Waals surface area contributed by atoms with Gasteiger partial charge in [-0.15, -0.1) is 0 Å². The van der Waals surface area contributed by atoms with Crippen molar-refractivity contribution in [2.24, 2.45) is 0 Å². The van der Waals surface area contributed by atoms with Gasteiger partial charge in [-0.25, -0.2) is 8.78 Å². The molecule has 0 fully saturated rings. The SMILES string of the molecule is Cc1cc(C(Br)c2ccc(Cl)cc2F)ccc1F. The van der Waals surface area contributed by atoms with Crippen molar-refractivity contribution in [3.63, 3.8) is 0 Å². The lowest BCUT2D eigenvalue weighted by Crippen LogP contribution is -1.98. The normalized spacial score (nSPS) is 12.5. The van der Waals surface area contributed by atoms with E-state index >= 15 is 0 Å². The predicted molar refractivity (Wildman–Crippen MR) is 73.3 cm³/mol. The van der Waals surface area contributed by atoms with Crippen molar-refractivity contribution in [3.05, 3.63) is 69.7 Å². The van der Waals surface area contributed by atoms with E-state index in [1.54, 1.807) is 31.2 Å². The Hall–Kier alpha value is -0.930. The fourth-order valence-corrected chi connectivity index (χ4v) is 2.53. The first-order chi connectivity index (χ1) is 8.49. The molecule has 2 aromatic rings. The van der Waals surface area contributed by atoms with Crippen molar-refractivity contribution in [2.45, 2.75) is 11.8 Å². The second kappa shape index (κ2) is 5.37. The first-order valence-corrected chi connectivity index (χ1v) is 6.63. The smallest absolute Gasteiger partial charge is 0.129 e. The van der Waals surface area contributed by atoms with Crippen molar-refractivity contribution in [2.75, 3.05) is 0 Å². The van der Waals surface area contributed by atoms with Crippen LogP contribution in [0.3, 0.4) is 0 Å². The fourth-order valence-electron chi connectivity index (χ4n) is 1.71. The van der Waals surface area contributed by atoms with E-state index in [2.05, 4.69) is 15.9 Å². The maximum Gasteiger partial charge on any atom is 0.129 e. The summed E-state index contributed by atoms with van der Waals surface area (Å²) in [6, 6.07) is 9.23. The van der Waals surface area contributed by atoms with Crippen LogP contribution in [0, 0.1) is 18.6 Å². The Balaban J connectivity index is 2.41. The van der Waals surface area contributed by atoms with Crippen molar-refractivity contribution in [3.8, 4) is 0 Å². The molecule has 0 N–H and O–H groups in total. The van der Waals surface area contributed by atoms with Crippen molar-refractivity contribution in [1.82, 2.24) is 0 Å². The Morgan fingerprint density at radius 3 is 2.39 bits per heavy atom. The molecule has 0 bridgehead atoms. The van der Waals surface area contributed by atoms with Crippen LogP contribution in [0.4, 0.5) is 8.78 Å². The lowest BCUT2D eigenvalue weighted by atomic mass is 10.0. The summed E-state index contributed by atoms with van der Waals surface area (Å²) in [4.78, 5) is -0.325. The van der Waals surface area contributed by atoms with E-state index in [0.29, 0.717) is 16.1 Å². The van der Waals surface area contributed by atoms with Crippen LogP contribution in [0.15, 0.2) is 36.4 Å². The number of aryl methyl sites for hydroxylation is 1. The molecule has 1 atom stereocenters. The van der Waals surface area contributed by atoms with Gasteiger partial charge in [-0.05, 0) is 36.2 Å². The topological polar surface area (TPSA) is 0 Å². The molecule has 4 heteroatoms. The minimum atomic E-state index is -0.383. The molecule has 0 spiro atoms. The highest BCUT2D eigenvalue weighted by Crippen LogP contribution is 2.34. The van der Waals surface area contributed by atoms with Crippen LogP contribution in [-0.4, -0.2) is 0 Å². The summed E-state index contributed by atoms with van der Waals surface area (Å²) in [5, 5.41) is 0.353. The van der Waals surface area contributed by atoms with Gasteiger partial charge in [-0.2, -0.15) is 0 Å². The van der Waals surface area contributed by atoms with E-state index in [0.717, 1.165) is 5.56 Å². The number of rotatable bonds is 2. The molecule has 0 saturated heterocycles. The summed E-state index contributed by atoms with van der Waals surface area (Å²) in [6.45, 7) is 1.68. The Kier molecular flexibility index (Phi) is 4.03. The summed E-state index contributed by atoms with van der Waals surface area (Å²) < 4.78 is 27.0. The maximum atomic E-state index is 13.8. The van der Waals surface area contributed by atoms with Crippen LogP contribution >= 0.6 is 27.5 Å². The van der Waals surface area contributed by atoms with E-state index in [4.69, 9.17) is 11.6 Å². The molecule has 0 heterocycles. The van der Waals surface area contributed by atoms with Crippen LogP contribution in [0.25, 0.3) is 0 Å². The van der Waals surface area contributed by atoms with Crippen LogP contribution in [0.1, 0.15) is 21.5 Å². The average molecular weight is 332 g/mol. The Morgan fingerprint density at radius 1 is 1.06 bits per heavy atom. The third-order valence-corrected chi connectivity index (χ3v) is 3.97. The van der Waals surface area contributed by atoms with Gasteiger partial charge in [0.2, 0.25) is 0 Å². The minimum absolute atomic E-state index is 0.268. The lowest BCUT2D eigenvalue weighted by Gasteiger charge is -2.13. The number of halogens is 4. The quantitative estimate of drug-likeness (QED) is 0.645. The van der Waals surface area contributed by atoms with Gasteiger partial charge in [0.25, 0.3) is 0 Å². The highest BCUT2D eigenvalue weighted by atomic mass is 79.9. The Labute approximate surface area is 118 Å². The molecule has 0 saturated carbocycles. The van der Waals surface area contributed by atoms with E-state index in [9.17, 15) is 8.78 Å². The first-order valence-electron chi connectivity index (χ1n) is 5.34. The number of alkyl halides is 1. The Morgan fingerprint density at radius 2 is 1.78 bits per heavy atom. The third kappa shape index (κ3) is 2.73. The first kappa shape index (κ1) is 13.5.